The van der Waals surface area contributed by atoms with Crippen molar-refractivity contribution in [3.63, 3.8) is 0 Å². The quantitative estimate of drug-likeness (QED) is 0.707. The van der Waals surface area contributed by atoms with E-state index in [1.165, 1.54) is 6.07 Å². The summed E-state index contributed by atoms with van der Waals surface area (Å²) in [6, 6.07) is 4.88. The Morgan fingerprint density at radius 1 is 1.27 bits per heavy atom. The van der Waals surface area contributed by atoms with Gasteiger partial charge in [0.1, 0.15) is 0 Å². The zero-order valence-corrected chi connectivity index (χ0v) is 8.12. The molecule has 0 saturated heterocycles. The molecule has 78 valence electrons. The Bertz CT molecular complexity index is 412. The van der Waals surface area contributed by atoms with Gasteiger partial charge in [-0.3, -0.25) is 0 Å². The second kappa shape index (κ2) is 4.18. The van der Waals surface area contributed by atoms with Crippen LogP contribution in [0.2, 0.25) is 0 Å². The van der Waals surface area contributed by atoms with Crippen LogP contribution in [0.3, 0.4) is 0 Å². The molecular formula is C11H10FNO2. The topological polar surface area (TPSA) is 42.2 Å². The fraction of sp³-hybridized carbons (Fsp3) is 0.364. The molecule has 4 heteroatoms. The predicted molar refractivity (Wildman–Crippen MR) is 51.3 cm³/mol. The van der Waals surface area contributed by atoms with E-state index in [1.807, 2.05) is 6.07 Å². The minimum absolute atomic E-state index is 0.139. The Balaban J connectivity index is 2.47. The number of nitriles is 1. The first-order chi connectivity index (χ1) is 7.33. The van der Waals surface area contributed by atoms with E-state index in [0.717, 1.165) is 6.42 Å². The third-order valence-electron chi connectivity index (χ3n) is 2.20. The fourth-order valence-corrected chi connectivity index (χ4v) is 1.50. The summed E-state index contributed by atoms with van der Waals surface area (Å²) < 4.78 is 24.0. The van der Waals surface area contributed by atoms with Gasteiger partial charge in [-0.15, -0.1) is 0 Å². The largest absolute Gasteiger partial charge is 0.489 e. The third kappa shape index (κ3) is 1.86. The van der Waals surface area contributed by atoms with Crippen molar-refractivity contribution in [3.8, 4) is 17.6 Å². The van der Waals surface area contributed by atoms with E-state index in [0.29, 0.717) is 24.5 Å². The Morgan fingerprint density at radius 3 is 2.73 bits per heavy atom. The lowest BCUT2D eigenvalue weighted by atomic mass is 10.1. The summed E-state index contributed by atoms with van der Waals surface area (Å²) in [4.78, 5) is 0. The molecule has 0 spiro atoms. The molecule has 0 fully saturated rings. The van der Waals surface area contributed by atoms with Crippen LogP contribution >= 0.6 is 0 Å². The van der Waals surface area contributed by atoms with Crippen molar-refractivity contribution in [1.82, 2.24) is 0 Å². The standard InChI is InChI=1S/C11H10FNO2/c12-9-3-2-8(4-5-13)10-11(9)15-7-1-6-14-10/h2-3H,1,4,6-7H2. The van der Waals surface area contributed by atoms with Gasteiger partial charge < -0.3 is 9.47 Å². The summed E-state index contributed by atoms with van der Waals surface area (Å²) >= 11 is 0. The molecule has 0 amide bonds. The number of nitrogens with zero attached hydrogens (tertiary/aromatic N) is 1. The van der Waals surface area contributed by atoms with Crippen molar-refractivity contribution in [3.05, 3.63) is 23.5 Å². The molecule has 2 rings (SSSR count). The van der Waals surface area contributed by atoms with Crippen molar-refractivity contribution in [1.29, 1.82) is 5.26 Å². The van der Waals surface area contributed by atoms with Crippen molar-refractivity contribution in [2.24, 2.45) is 0 Å². The van der Waals surface area contributed by atoms with Crippen molar-refractivity contribution >= 4 is 0 Å². The number of rotatable bonds is 1. The molecule has 0 unspecified atom stereocenters. The van der Waals surface area contributed by atoms with Crippen LogP contribution in [0.4, 0.5) is 4.39 Å². The molecule has 1 aliphatic heterocycles. The van der Waals surface area contributed by atoms with E-state index in [1.54, 1.807) is 6.07 Å². The number of halogens is 1. The van der Waals surface area contributed by atoms with Crippen LogP contribution < -0.4 is 9.47 Å². The van der Waals surface area contributed by atoms with Gasteiger partial charge in [0.2, 0.25) is 0 Å². The second-order valence-corrected chi connectivity index (χ2v) is 3.25. The first-order valence-electron chi connectivity index (χ1n) is 4.77. The van der Waals surface area contributed by atoms with Crippen molar-refractivity contribution < 1.29 is 13.9 Å². The van der Waals surface area contributed by atoms with Gasteiger partial charge in [-0.05, 0) is 6.07 Å². The Labute approximate surface area is 87.0 Å². The lowest BCUT2D eigenvalue weighted by Crippen LogP contribution is -1.98. The molecule has 0 aromatic heterocycles. The first kappa shape index (κ1) is 9.78. The van der Waals surface area contributed by atoms with Crippen LogP contribution in [0.5, 0.6) is 11.5 Å². The molecule has 0 N–H and O–H groups in total. The Morgan fingerprint density at radius 2 is 2.00 bits per heavy atom. The second-order valence-electron chi connectivity index (χ2n) is 3.25. The number of fused-ring (bicyclic) bond motifs is 1. The number of hydrogen-bond acceptors (Lipinski definition) is 3. The van der Waals surface area contributed by atoms with Crippen LogP contribution in [0, 0.1) is 17.1 Å². The van der Waals surface area contributed by atoms with E-state index >= 15 is 0 Å². The highest BCUT2D eigenvalue weighted by Gasteiger charge is 2.18. The van der Waals surface area contributed by atoms with E-state index in [-0.39, 0.29) is 12.2 Å². The van der Waals surface area contributed by atoms with Gasteiger partial charge in [0, 0.05) is 12.0 Å². The number of hydrogen-bond donors (Lipinski definition) is 0. The molecule has 1 aromatic carbocycles. The highest BCUT2D eigenvalue weighted by molar-refractivity contribution is 5.49. The molecule has 3 nitrogen and oxygen atoms in total. The summed E-state index contributed by atoms with van der Waals surface area (Å²) in [6.45, 7) is 0.939. The molecule has 1 aliphatic rings. The minimum Gasteiger partial charge on any atom is -0.489 e. The molecule has 1 aromatic rings. The summed E-state index contributed by atoms with van der Waals surface area (Å²) in [7, 11) is 0. The molecular weight excluding hydrogens is 197 g/mol. The lowest BCUT2D eigenvalue weighted by Gasteiger charge is -2.11. The van der Waals surface area contributed by atoms with Gasteiger partial charge in [0.05, 0.1) is 25.7 Å². The van der Waals surface area contributed by atoms with Crippen molar-refractivity contribution in [2.75, 3.05) is 13.2 Å². The van der Waals surface area contributed by atoms with Gasteiger partial charge in [0.15, 0.2) is 17.3 Å². The highest BCUT2D eigenvalue weighted by atomic mass is 19.1. The van der Waals surface area contributed by atoms with Gasteiger partial charge in [-0.2, -0.15) is 5.26 Å². The summed E-state index contributed by atoms with van der Waals surface area (Å²) in [5, 5.41) is 8.62. The van der Waals surface area contributed by atoms with Gasteiger partial charge >= 0.3 is 0 Å². The Hall–Kier alpha value is -1.76. The molecule has 0 atom stereocenters. The minimum atomic E-state index is -0.436. The third-order valence-corrected chi connectivity index (χ3v) is 2.20. The fourth-order valence-electron chi connectivity index (χ4n) is 1.50. The number of benzene rings is 1. The lowest BCUT2D eigenvalue weighted by molar-refractivity contribution is 0.291. The number of ether oxygens (including phenoxy) is 2. The van der Waals surface area contributed by atoms with Crippen molar-refractivity contribution in [2.45, 2.75) is 12.8 Å². The van der Waals surface area contributed by atoms with Gasteiger partial charge in [-0.25, -0.2) is 4.39 Å². The first-order valence-corrected chi connectivity index (χ1v) is 4.77. The van der Waals surface area contributed by atoms with Crippen LogP contribution in [-0.4, -0.2) is 13.2 Å². The molecule has 0 radical (unpaired) electrons. The average molecular weight is 207 g/mol. The predicted octanol–water partition coefficient (Wildman–Crippen LogP) is 2.05. The van der Waals surface area contributed by atoms with Crippen LogP contribution in [-0.2, 0) is 6.42 Å². The maximum Gasteiger partial charge on any atom is 0.197 e. The van der Waals surface area contributed by atoms with Gasteiger partial charge in [0.25, 0.3) is 0 Å². The summed E-state index contributed by atoms with van der Waals surface area (Å²) in [6.07, 6.45) is 0.923. The van der Waals surface area contributed by atoms with E-state index in [9.17, 15) is 4.39 Å². The normalized spacial score (nSPS) is 14.1. The van der Waals surface area contributed by atoms with Crippen LogP contribution in [0.1, 0.15) is 12.0 Å². The van der Waals surface area contributed by atoms with Crippen LogP contribution in [0.25, 0.3) is 0 Å². The Kier molecular flexibility index (Phi) is 2.72. The molecule has 0 saturated carbocycles. The average Bonchev–Trinajstić information content (AvgIpc) is 2.48. The van der Waals surface area contributed by atoms with E-state index < -0.39 is 5.82 Å². The monoisotopic (exact) mass is 207 g/mol. The highest BCUT2D eigenvalue weighted by Crippen LogP contribution is 2.35. The van der Waals surface area contributed by atoms with Crippen LogP contribution in [0.15, 0.2) is 12.1 Å². The zero-order valence-electron chi connectivity index (χ0n) is 8.12. The SMILES string of the molecule is N#CCc1ccc(F)c2c1OCCCO2. The maximum absolute atomic E-state index is 13.4. The smallest absolute Gasteiger partial charge is 0.197 e. The molecule has 1 heterocycles. The maximum atomic E-state index is 13.4. The molecule has 15 heavy (non-hydrogen) atoms. The molecule has 0 bridgehead atoms. The van der Waals surface area contributed by atoms with Gasteiger partial charge in [-0.1, -0.05) is 6.07 Å². The molecule has 0 aliphatic carbocycles. The zero-order chi connectivity index (χ0) is 10.7. The van der Waals surface area contributed by atoms with E-state index in [2.05, 4.69) is 0 Å². The summed E-state index contributed by atoms with van der Waals surface area (Å²) in [5.74, 6) is 0.0860. The summed E-state index contributed by atoms with van der Waals surface area (Å²) in [5.41, 5.74) is 0.677. The van der Waals surface area contributed by atoms with E-state index in [4.69, 9.17) is 14.7 Å².